The summed E-state index contributed by atoms with van der Waals surface area (Å²) in [7, 11) is -3.34. The van der Waals surface area contributed by atoms with Crippen molar-refractivity contribution >= 4 is 21.8 Å². The van der Waals surface area contributed by atoms with Crippen molar-refractivity contribution in [2.45, 2.75) is 37.7 Å². The van der Waals surface area contributed by atoms with Crippen LogP contribution in [0.1, 0.15) is 37.6 Å². The minimum absolute atomic E-state index is 0.132. The molecule has 1 N–H and O–H groups in total. The van der Waals surface area contributed by atoms with E-state index in [9.17, 15) is 18.0 Å². The van der Waals surface area contributed by atoms with Crippen LogP contribution in [0.2, 0.25) is 0 Å². The number of carbonyl (C=O) groups is 2. The van der Waals surface area contributed by atoms with Crippen LogP contribution in [-0.4, -0.2) is 81.3 Å². The molecule has 0 aromatic heterocycles. The van der Waals surface area contributed by atoms with E-state index in [0.717, 1.165) is 32.3 Å². The van der Waals surface area contributed by atoms with Gasteiger partial charge in [-0.15, -0.1) is 0 Å². The smallest absolute Gasteiger partial charge is 0.410 e. The number of ether oxygens (including phenoxy) is 1. The Morgan fingerprint density at radius 2 is 1.79 bits per heavy atom. The summed E-state index contributed by atoms with van der Waals surface area (Å²) in [5, 5.41) is 2.82. The van der Waals surface area contributed by atoms with E-state index >= 15 is 0 Å². The Morgan fingerprint density at radius 1 is 1.14 bits per heavy atom. The third-order valence-corrected chi connectivity index (χ3v) is 5.60. The average molecular weight is 426 g/mol. The highest BCUT2D eigenvalue weighted by atomic mass is 32.2. The van der Waals surface area contributed by atoms with Crippen LogP contribution < -0.4 is 5.32 Å². The topological polar surface area (TPSA) is 96.0 Å². The summed E-state index contributed by atoms with van der Waals surface area (Å²) >= 11 is 0. The molecule has 8 nitrogen and oxygen atoms in total. The molecule has 1 fully saturated rings. The molecule has 0 atom stereocenters. The molecule has 1 saturated heterocycles. The fourth-order valence-electron chi connectivity index (χ4n) is 2.96. The zero-order valence-corrected chi connectivity index (χ0v) is 18.4. The molecular weight excluding hydrogens is 394 g/mol. The molecule has 1 aromatic rings. The summed E-state index contributed by atoms with van der Waals surface area (Å²) in [5.74, 6) is -0.287. The molecule has 1 heterocycles. The standard InChI is InChI=1S/C20H31N3O5S/c1-20(2,3)28-19(25)23-13-11-22(12-14-23)10-6-9-21-18(24)16-7-5-8-17(15-16)29(4,26)27/h5,7-8,15H,6,9-14H2,1-4H3,(H,21,24). The van der Waals surface area contributed by atoms with Crippen LogP contribution in [-0.2, 0) is 14.6 Å². The van der Waals surface area contributed by atoms with Crippen molar-refractivity contribution in [2.75, 3.05) is 45.5 Å². The van der Waals surface area contributed by atoms with E-state index in [0.29, 0.717) is 25.2 Å². The number of nitrogens with one attached hydrogen (secondary N) is 1. The summed E-state index contributed by atoms with van der Waals surface area (Å²) in [6.07, 6.45) is 1.61. The summed E-state index contributed by atoms with van der Waals surface area (Å²) in [4.78, 5) is 28.4. The van der Waals surface area contributed by atoms with Gasteiger partial charge in [-0.3, -0.25) is 9.69 Å². The molecule has 2 rings (SSSR count). The Kier molecular flexibility index (Phi) is 7.65. The summed E-state index contributed by atoms with van der Waals surface area (Å²) in [6.45, 7) is 9.65. The molecule has 0 bridgehead atoms. The van der Waals surface area contributed by atoms with E-state index in [1.807, 2.05) is 20.8 Å². The molecule has 0 aliphatic carbocycles. The molecule has 1 aliphatic rings. The quantitative estimate of drug-likeness (QED) is 0.698. The highest BCUT2D eigenvalue weighted by Crippen LogP contribution is 2.13. The lowest BCUT2D eigenvalue weighted by Gasteiger charge is -2.35. The minimum atomic E-state index is -3.34. The van der Waals surface area contributed by atoms with E-state index in [4.69, 9.17) is 4.74 Å². The third-order valence-electron chi connectivity index (χ3n) is 4.49. The van der Waals surface area contributed by atoms with Gasteiger partial charge in [0.15, 0.2) is 9.84 Å². The van der Waals surface area contributed by atoms with Crippen LogP contribution in [0.3, 0.4) is 0 Å². The van der Waals surface area contributed by atoms with E-state index < -0.39 is 15.4 Å². The molecule has 9 heteroatoms. The third kappa shape index (κ3) is 7.66. The largest absolute Gasteiger partial charge is 0.444 e. The predicted molar refractivity (Wildman–Crippen MR) is 111 cm³/mol. The van der Waals surface area contributed by atoms with Crippen LogP contribution in [0.4, 0.5) is 4.79 Å². The van der Waals surface area contributed by atoms with Crippen molar-refractivity contribution in [1.82, 2.24) is 15.1 Å². The Hall–Kier alpha value is -2.13. The number of rotatable bonds is 6. The molecule has 2 amide bonds. The van der Waals surface area contributed by atoms with Gasteiger partial charge >= 0.3 is 6.09 Å². The van der Waals surface area contributed by atoms with Gasteiger partial charge in [0.25, 0.3) is 5.91 Å². The van der Waals surface area contributed by atoms with Gasteiger partial charge in [-0.2, -0.15) is 0 Å². The first-order valence-corrected chi connectivity index (χ1v) is 11.6. The van der Waals surface area contributed by atoms with Crippen molar-refractivity contribution in [3.05, 3.63) is 29.8 Å². The molecule has 0 unspecified atom stereocenters. The van der Waals surface area contributed by atoms with Gasteiger partial charge in [0.1, 0.15) is 5.60 Å². The SMILES string of the molecule is CC(C)(C)OC(=O)N1CCN(CCCNC(=O)c2cccc(S(C)(=O)=O)c2)CC1. The number of nitrogens with zero attached hydrogens (tertiary/aromatic N) is 2. The van der Waals surface area contributed by atoms with Gasteiger partial charge in [0.05, 0.1) is 4.90 Å². The molecule has 1 aromatic carbocycles. The van der Waals surface area contributed by atoms with Gasteiger partial charge in [-0.05, 0) is 51.9 Å². The van der Waals surface area contributed by atoms with Gasteiger partial charge in [-0.1, -0.05) is 6.07 Å². The van der Waals surface area contributed by atoms with Crippen LogP contribution in [0.15, 0.2) is 29.2 Å². The number of benzene rings is 1. The summed E-state index contributed by atoms with van der Waals surface area (Å²) in [5.41, 5.74) is -0.160. The monoisotopic (exact) mass is 425 g/mol. The zero-order chi connectivity index (χ0) is 21.7. The van der Waals surface area contributed by atoms with Crippen molar-refractivity contribution in [1.29, 1.82) is 0 Å². The number of hydrogen-bond acceptors (Lipinski definition) is 6. The van der Waals surface area contributed by atoms with Crippen molar-refractivity contribution in [3.63, 3.8) is 0 Å². The highest BCUT2D eigenvalue weighted by Gasteiger charge is 2.25. The van der Waals surface area contributed by atoms with Crippen molar-refractivity contribution < 1.29 is 22.7 Å². The van der Waals surface area contributed by atoms with Gasteiger partial charge in [0.2, 0.25) is 0 Å². The Labute approximate surface area is 173 Å². The Bertz CT molecular complexity index is 825. The van der Waals surface area contributed by atoms with Gasteiger partial charge < -0.3 is 15.0 Å². The van der Waals surface area contributed by atoms with Crippen molar-refractivity contribution in [3.8, 4) is 0 Å². The minimum Gasteiger partial charge on any atom is -0.444 e. The number of piperazine rings is 1. The Balaban J connectivity index is 1.70. The first-order valence-electron chi connectivity index (χ1n) is 9.74. The lowest BCUT2D eigenvalue weighted by atomic mass is 10.2. The molecule has 0 spiro atoms. The lowest BCUT2D eigenvalue weighted by Crippen LogP contribution is -2.50. The maximum absolute atomic E-state index is 12.2. The Morgan fingerprint density at radius 3 is 2.38 bits per heavy atom. The van der Waals surface area contributed by atoms with E-state index in [1.165, 1.54) is 12.1 Å². The van der Waals surface area contributed by atoms with Gasteiger partial charge in [0, 0.05) is 44.5 Å². The molecule has 0 saturated carbocycles. The van der Waals surface area contributed by atoms with Crippen LogP contribution in [0, 0.1) is 0 Å². The van der Waals surface area contributed by atoms with Crippen LogP contribution in [0.5, 0.6) is 0 Å². The average Bonchev–Trinajstić information content (AvgIpc) is 2.63. The highest BCUT2D eigenvalue weighted by molar-refractivity contribution is 7.90. The first kappa shape index (κ1) is 23.2. The maximum atomic E-state index is 12.2. The second kappa shape index (κ2) is 9.58. The fourth-order valence-corrected chi connectivity index (χ4v) is 3.62. The molecule has 162 valence electrons. The molecule has 1 aliphatic heterocycles. The fraction of sp³-hybridized carbons (Fsp3) is 0.600. The van der Waals surface area contributed by atoms with Gasteiger partial charge in [-0.25, -0.2) is 13.2 Å². The molecule has 29 heavy (non-hydrogen) atoms. The second-order valence-corrected chi connectivity index (χ2v) is 10.2. The van der Waals surface area contributed by atoms with Crippen LogP contribution >= 0.6 is 0 Å². The number of carbonyl (C=O) groups excluding carboxylic acids is 2. The summed E-state index contributed by atoms with van der Waals surface area (Å²) < 4.78 is 28.6. The van der Waals surface area contributed by atoms with Crippen LogP contribution in [0.25, 0.3) is 0 Å². The predicted octanol–water partition coefficient (Wildman–Crippen LogP) is 1.76. The number of sulfone groups is 1. The molecule has 0 radical (unpaired) electrons. The maximum Gasteiger partial charge on any atom is 0.410 e. The van der Waals surface area contributed by atoms with E-state index in [-0.39, 0.29) is 16.9 Å². The zero-order valence-electron chi connectivity index (χ0n) is 17.6. The number of hydrogen-bond donors (Lipinski definition) is 1. The second-order valence-electron chi connectivity index (χ2n) is 8.22. The normalized spacial score (nSPS) is 15.8. The molecular formula is C20H31N3O5S. The lowest BCUT2D eigenvalue weighted by molar-refractivity contribution is 0.0144. The van der Waals surface area contributed by atoms with E-state index in [1.54, 1.807) is 17.0 Å². The summed E-state index contributed by atoms with van der Waals surface area (Å²) in [6, 6.07) is 6.03. The first-order chi connectivity index (χ1) is 13.5. The van der Waals surface area contributed by atoms with E-state index in [2.05, 4.69) is 10.2 Å². The van der Waals surface area contributed by atoms with Crippen molar-refractivity contribution in [2.24, 2.45) is 0 Å². The number of amides is 2.